The second-order valence-corrected chi connectivity index (χ2v) is 5.83. The number of thiophene rings is 1. The van der Waals surface area contributed by atoms with E-state index < -0.39 is 11.7 Å². The van der Waals surface area contributed by atoms with Crippen molar-refractivity contribution in [1.82, 2.24) is 9.78 Å². The third kappa shape index (κ3) is 2.48. The zero-order valence-electron chi connectivity index (χ0n) is 9.93. The Morgan fingerprint density at radius 3 is 2.88 bits per heavy atom. The minimum Gasteiger partial charge on any atom is -0.442 e. The summed E-state index contributed by atoms with van der Waals surface area (Å²) in [7, 11) is 0. The minimum atomic E-state index is -0.550. The van der Waals surface area contributed by atoms with E-state index in [-0.39, 0.29) is 6.61 Å². The lowest BCUT2D eigenvalue weighted by atomic mass is 10.2. The Morgan fingerprint density at radius 2 is 2.29 bits per heavy atom. The van der Waals surface area contributed by atoms with E-state index in [9.17, 15) is 4.79 Å². The molecule has 0 aliphatic carbocycles. The Balaban J connectivity index is 2.35. The molecule has 0 saturated carbocycles. The van der Waals surface area contributed by atoms with Crippen LogP contribution in [0.3, 0.4) is 0 Å². The number of carbonyl (C=O) groups is 1. The number of aliphatic hydroxyl groups is 1. The Morgan fingerprint density at radius 1 is 1.59 bits per heavy atom. The maximum absolute atomic E-state index is 11.9. The molecule has 0 unspecified atom stereocenters. The largest absolute Gasteiger partial charge is 0.442 e. The number of hydrogen-bond acceptors (Lipinski definition) is 5. The van der Waals surface area contributed by atoms with Gasteiger partial charge in [-0.2, -0.15) is 9.78 Å². The smallest absolute Gasteiger partial charge is 0.435 e. The maximum atomic E-state index is 11.9. The van der Waals surface area contributed by atoms with Gasteiger partial charge in [0.05, 0.1) is 23.0 Å². The summed E-state index contributed by atoms with van der Waals surface area (Å²) in [5.74, 6) is 0. The van der Waals surface area contributed by atoms with Gasteiger partial charge in [-0.05, 0) is 26.8 Å². The number of rotatable bonds is 1. The molecule has 0 aliphatic heterocycles. The van der Waals surface area contributed by atoms with Gasteiger partial charge in [0, 0.05) is 4.88 Å². The molecule has 2 heterocycles. The molecule has 1 N–H and O–H groups in total. The predicted molar refractivity (Wildman–Crippen MR) is 65.2 cm³/mol. The highest BCUT2D eigenvalue weighted by molar-refractivity contribution is 7.19. The lowest BCUT2D eigenvalue weighted by molar-refractivity contribution is 0.0522. The molecule has 0 amide bonds. The van der Waals surface area contributed by atoms with Gasteiger partial charge in [-0.3, -0.25) is 0 Å². The molecule has 0 aromatic carbocycles. The Labute approximate surface area is 103 Å². The average Bonchev–Trinajstić information content (AvgIpc) is 2.71. The molecule has 0 aliphatic rings. The number of ether oxygens (including phenoxy) is 1. The van der Waals surface area contributed by atoms with Crippen LogP contribution in [0.2, 0.25) is 0 Å². The standard InChI is InChI=1S/C11H14N2O3S/c1-11(2,3)16-10(15)13-8-4-7(6-14)17-9(8)5-12-13/h4-5,14H,6H2,1-3H3. The first kappa shape index (κ1) is 12.1. The van der Waals surface area contributed by atoms with Gasteiger partial charge in [0.15, 0.2) is 0 Å². The monoisotopic (exact) mass is 254 g/mol. The van der Waals surface area contributed by atoms with E-state index in [0.29, 0.717) is 5.52 Å². The van der Waals surface area contributed by atoms with Crippen LogP contribution in [-0.2, 0) is 11.3 Å². The molecule has 2 aromatic heterocycles. The lowest BCUT2D eigenvalue weighted by Gasteiger charge is -2.18. The molecule has 0 saturated heterocycles. The summed E-state index contributed by atoms with van der Waals surface area (Å²) in [6.07, 6.45) is 1.10. The van der Waals surface area contributed by atoms with E-state index >= 15 is 0 Å². The first-order chi connectivity index (χ1) is 7.90. The predicted octanol–water partition coefficient (Wildman–Crippen LogP) is 2.37. The van der Waals surface area contributed by atoms with Crippen LogP contribution in [0.5, 0.6) is 0 Å². The molecule has 2 aromatic rings. The quantitative estimate of drug-likeness (QED) is 0.848. The topological polar surface area (TPSA) is 64.4 Å². The van der Waals surface area contributed by atoms with Crippen LogP contribution in [-0.4, -0.2) is 26.6 Å². The van der Waals surface area contributed by atoms with Gasteiger partial charge in [0.2, 0.25) is 0 Å². The summed E-state index contributed by atoms with van der Waals surface area (Å²) in [6, 6.07) is 1.75. The molecule has 0 radical (unpaired) electrons. The number of hydrogen-bond donors (Lipinski definition) is 1. The highest BCUT2D eigenvalue weighted by atomic mass is 32.1. The molecule has 2 rings (SSSR count). The van der Waals surface area contributed by atoms with E-state index in [1.54, 1.807) is 33.0 Å². The van der Waals surface area contributed by atoms with Gasteiger partial charge < -0.3 is 9.84 Å². The van der Waals surface area contributed by atoms with Crippen molar-refractivity contribution < 1.29 is 14.6 Å². The SMILES string of the molecule is CC(C)(C)OC(=O)n1ncc2sc(CO)cc21. The average molecular weight is 254 g/mol. The van der Waals surface area contributed by atoms with E-state index in [4.69, 9.17) is 9.84 Å². The second kappa shape index (κ2) is 4.12. The molecule has 92 valence electrons. The van der Waals surface area contributed by atoms with Crippen molar-refractivity contribution in [3.05, 3.63) is 17.1 Å². The van der Waals surface area contributed by atoms with Crippen LogP contribution >= 0.6 is 11.3 Å². The first-order valence-corrected chi connectivity index (χ1v) is 6.03. The Bertz CT molecular complexity index is 551. The minimum absolute atomic E-state index is 0.0341. The van der Waals surface area contributed by atoms with Crippen LogP contribution in [0, 0.1) is 0 Å². The lowest BCUT2D eigenvalue weighted by Crippen LogP contribution is -2.27. The molecule has 17 heavy (non-hydrogen) atoms. The highest BCUT2D eigenvalue weighted by Gasteiger charge is 2.20. The fraction of sp³-hybridized carbons (Fsp3) is 0.455. The summed E-state index contributed by atoms with van der Waals surface area (Å²) < 4.78 is 7.32. The van der Waals surface area contributed by atoms with E-state index in [1.165, 1.54) is 16.0 Å². The third-order valence-electron chi connectivity index (χ3n) is 2.03. The third-order valence-corrected chi connectivity index (χ3v) is 3.08. The van der Waals surface area contributed by atoms with Gasteiger partial charge in [0.25, 0.3) is 0 Å². The molecule has 0 spiro atoms. The van der Waals surface area contributed by atoms with Crippen LogP contribution in [0.4, 0.5) is 4.79 Å². The van der Waals surface area contributed by atoms with Crippen molar-refractivity contribution in [2.45, 2.75) is 33.0 Å². The molecule has 6 heteroatoms. The van der Waals surface area contributed by atoms with Gasteiger partial charge >= 0.3 is 6.09 Å². The number of fused-ring (bicyclic) bond motifs is 1. The second-order valence-electron chi connectivity index (χ2n) is 4.66. The molecule has 5 nitrogen and oxygen atoms in total. The van der Waals surface area contributed by atoms with Gasteiger partial charge in [-0.15, -0.1) is 11.3 Å². The molecule has 0 atom stereocenters. The van der Waals surface area contributed by atoms with Crippen molar-refractivity contribution in [2.75, 3.05) is 0 Å². The van der Waals surface area contributed by atoms with Gasteiger partial charge in [-0.1, -0.05) is 0 Å². The van der Waals surface area contributed by atoms with Crippen LogP contribution in [0.1, 0.15) is 25.6 Å². The van der Waals surface area contributed by atoms with Crippen LogP contribution in [0.25, 0.3) is 10.2 Å². The summed E-state index contributed by atoms with van der Waals surface area (Å²) in [5.41, 5.74) is 0.124. The van der Waals surface area contributed by atoms with Crippen molar-refractivity contribution in [2.24, 2.45) is 0 Å². The Kier molecular flexibility index (Phi) is 2.92. The van der Waals surface area contributed by atoms with Crippen molar-refractivity contribution >= 4 is 27.6 Å². The normalized spacial score (nSPS) is 12.0. The first-order valence-electron chi connectivity index (χ1n) is 5.21. The number of aliphatic hydroxyl groups excluding tert-OH is 1. The maximum Gasteiger partial charge on any atom is 0.435 e. The Hall–Kier alpha value is -1.40. The summed E-state index contributed by atoms with van der Waals surface area (Å²) in [4.78, 5) is 12.7. The van der Waals surface area contributed by atoms with Crippen LogP contribution in [0.15, 0.2) is 12.3 Å². The zero-order valence-corrected chi connectivity index (χ0v) is 10.7. The molecular formula is C11H14N2O3S. The zero-order chi connectivity index (χ0) is 12.6. The molecule has 0 fully saturated rings. The summed E-state index contributed by atoms with van der Waals surface area (Å²) in [5, 5.41) is 13.0. The van der Waals surface area contributed by atoms with Crippen molar-refractivity contribution in [3.8, 4) is 0 Å². The van der Waals surface area contributed by atoms with E-state index in [1.807, 2.05) is 0 Å². The molecule has 0 bridgehead atoms. The van der Waals surface area contributed by atoms with Gasteiger partial charge in [0.1, 0.15) is 5.60 Å². The van der Waals surface area contributed by atoms with Gasteiger partial charge in [-0.25, -0.2) is 4.79 Å². The van der Waals surface area contributed by atoms with Crippen molar-refractivity contribution in [1.29, 1.82) is 0 Å². The number of carbonyl (C=O) groups excluding carboxylic acids is 1. The highest BCUT2D eigenvalue weighted by Crippen LogP contribution is 2.25. The fourth-order valence-electron chi connectivity index (χ4n) is 1.41. The van der Waals surface area contributed by atoms with E-state index in [2.05, 4.69) is 5.10 Å². The van der Waals surface area contributed by atoms with Crippen molar-refractivity contribution in [3.63, 3.8) is 0 Å². The van der Waals surface area contributed by atoms with E-state index in [0.717, 1.165) is 9.58 Å². The summed E-state index contributed by atoms with van der Waals surface area (Å²) in [6.45, 7) is 5.38. The number of nitrogens with zero attached hydrogens (tertiary/aromatic N) is 2. The molecular weight excluding hydrogens is 240 g/mol. The fourth-order valence-corrected chi connectivity index (χ4v) is 2.27. The number of aromatic nitrogens is 2. The van der Waals surface area contributed by atoms with Crippen LogP contribution < -0.4 is 0 Å². The summed E-state index contributed by atoms with van der Waals surface area (Å²) >= 11 is 1.41.